The fourth-order valence-corrected chi connectivity index (χ4v) is 2.44. The van der Waals surface area contributed by atoms with Crippen LogP contribution in [0.4, 0.5) is 0 Å². The van der Waals surface area contributed by atoms with Gasteiger partial charge < -0.3 is 48.5 Å². The minimum absolute atomic E-state index is 0.0817. The van der Waals surface area contributed by atoms with Crippen molar-refractivity contribution >= 4 is 11.8 Å². The van der Waals surface area contributed by atoms with E-state index in [-0.39, 0.29) is 24.7 Å². The van der Waals surface area contributed by atoms with Crippen LogP contribution in [0.25, 0.3) is 0 Å². The summed E-state index contributed by atoms with van der Waals surface area (Å²) >= 11 is 0. The molecular weight excluding hydrogens is 476 g/mol. The van der Waals surface area contributed by atoms with Crippen LogP contribution in [-0.2, 0) is 47.5 Å². The predicted molar refractivity (Wildman–Crippen MR) is 133 cm³/mol. The Hall–Kier alpha value is -1.38. The molecule has 0 rings (SSSR count). The molecule has 0 saturated carbocycles. The highest BCUT2D eigenvalue weighted by molar-refractivity contribution is 5.76. The van der Waals surface area contributed by atoms with Gasteiger partial charge in [-0.3, -0.25) is 9.59 Å². The third-order valence-corrected chi connectivity index (χ3v) is 4.23. The molecule has 0 aliphatic carbocycles. The van der Waals surface area contributed by atoms with E-state index in [1.165, 1.54) is 0 Å². The molecule has 0 atom stereocenters. The molecule has 0 aliphatic heterocycles. The van der Waals surface area contributed by atoms with Crippen LogP contribution in [0.15, 0.2) is 0 Å². The van der Waals surface area contributed by atoms with Crippen molar-refractivity contribution in [3.63, 3.8) is 0 Å². The Bertz CT molecular complexity index is 444. The van der Waals surface area contributed by atoms with Crippen LogP contribution in [0.3, 0.4) is 0 Å². The maximum absolute atomic E-state index is 11.6. The normalized spacial score (nSPS) is 11.1. The van der Waals surface area contributed by atoms with Gasteiger partial charge in [0.15, 0.2) is 0 Å². The average molecular weight is 523 g/mol. The number of hydrogen-bond acceptors (Lipinski definition) is 10. The van der Waals surface area contributed by atoms with E-state index < -0.39 is 0 Å². The van der Waals surface area contributed by atoms with Gasteiger partial charge in [-0.05, 0) is 13.8 Å². The zero-order chi connectivity index (χ0) is 26.4. The molecule has 12 heteroatoms. The first-order valence-corrected chi connectivity index (χ1v) is 12.4. The van der Waals surface area contributed by atoms with E-state index in [0.29, 0.717) is 119 Å². The van der Waals surface area contributed by atoms with Gasteiger partial charge >= 0.3 is 0 Å². The van der Waals surface area contributed by atoms with Crippen molar-refractivity contribution in [2.75, 3.05) is 119 Å². The van der Waals surface area contributed by atoms with Gasteiger partial charge in [-0.15, -0.1) is 0 Å². The molecule has 0 heterocycles. The predicted octanol–water partition coefficient (Wildman–Crippen LogP) is -0.200. The monoisotopic (exact) mass is 522 g/mol. The van der Waals surface area contributed by atoms with Crippen molar-refractivity contribution in [3.8, 4) is 0 Å². The quantitative estimate of drug-likeness (QED) is 0.127. The molecule has 0 saturated heterocycles. The molecule has 0 unspecified atom stereocenters. The highest BCUT2D eigenvalue weighted by atomic mass is 16.6. The number of rotatable bonds is 29. The Morgan fingerprint density at radius 2 is 0.694 bits per heavy atom. The lowest BCUT2D eigenvalue weighted by atomic mass is 10.4. The Labute approximate surface area is 215 Å². The second-order valence-electron chi connectivity index (χ2n) is 7.10. The summed E-state index contributed by atoms with van der Waals surface area (Å²) in [4.78, 5) is 23.3. The highest BCUT2D eigenvalue weighted by Crippen LogP contribution is 1.88. The molecule has 0 spiro atoms. The zero-order valence-electron chi connectivity index (χ0n) is 21.6. The van der Waals surface area contributed by atoms with Crippen LogP contribution in [-0.4, -0.2) is 131 Å². The molecule has 2 amide bonds. The van der Waals surface area contributed by atoms with Crippen molar-refractivity contribution < 1.29 is 47.5 Å². The molecule has 36 heavy (non-hydrogen) atoms. The lowest BCUT2D eigenvalue weighted by Crippen LogP contribution is -2.28. The Kier molecular flexibility index (Phi) is 28.7. The average Bonchev–Trinajstić information content (AvgIpc) is 2.87. The summed E-state index contributed by atoms with van der Waals surface area (Å²) in [5.41, 5.74) is 0. The molecule has 212 valence electrons. The Balaban J connectivity index is 3.20. The fourth-order valence-electron chi connectivity index (χ4n) is 2.44. The molecule has 0 aromatic carbocycles. The summed E-state index contributed by atoms with van der Waals surface area (Å²) in [6.07, 6.45) is 0.577. The number of carbonyl (C=O) groups excluding carboxylic acids is 2. The number of nitrogens with one attached hydrogen (secondary N) is 2. The van der Waals surface area contributed by atoms with E-state index in [1.807, 2.05) is 0 Å². The van der Waals surface area contributed by atoms with Gasteiger partial charge in [0.25, 0.3) is 0 Å². The van der Waals surface area contributed by atoms with Gasteiger partial charge in [-0.1, -0.05) is 0 Å². The van der Waals surface area contributed by atoms with E-state index in [0.717, 1.165) is 0 Å². The van der Waals surface area contributed by atoms with Crippen LogP contribution in [0.1, 0.15) is 12.8 Å². The fraction of sp³-hybridized carbons (Fsp3) is 0.833. The molecule has 0 aliphatic rings. The maximum atomic E-state index is 11.6. The molecule has 0 aromatic heterocycles. The summed E-state index contributed by atoms with van der Waals surface area (Å²) in [5.74, 6) is -0.163. The summed E-state index contributed by atoms with van der Waals surface area (Å²) < 4.78 is 42.2. The molecule has 12 nitrogen and oxygen atoms in total. The number of carbonyl (C=O) groups is 2. The van der Waals surface area contributed by atoms with Crippen molar-refractivity contribution in [1.29, 1.82) is 0 Å². The Morgan fingerprint density at radius 1 is 0.417 bits per heavy atom. The zero-order valence-corrected chi connectivity index (χ0v) is 21.6. The summed E-state index contributed by atoms with van der Waals surface area (Å²) in [7, 11) is 0. The molecule has 0 fully saturated rings. The minimum Gasteiger partial charge on any atom is -0.379 e. The van der Waals surface area contributed by atoms with Gasteiger partial charge in [0.1, 0.15) is 0 Å². The standard InChI is InChI=1S/C24H46N2O10/c1-3-29-13-15-33-11-7-25-23(27)5-9-31-17-19-35-21-22-36-20-18-32-10-6-24(28)26-8-12-34-16-14-30-4-2/h1-22H2,(H,25,27)(H,26,28). The van der Waals surface area contributed by atoms with Gasteiger partial charge in [0.05, 0.1) is 92.5 Å². The van der Waals surface area contributed by atoms with Crippen molar-refractivity contribution in [2.45, 2.75) is 12.8 Å². The molecule has 2 N–H and O–H groups in total. The largest absolute Gasteiger partial charge is 0.379 e. The third kappa shape index (κ3) is 28.9. The van der Waals surface area contributed by atoms with Gasteiger partial charge in [0.2, 0.25) is 11.8 Å². The smallest absolute Gasteiger partial charge is 0.222 e. The highest BCUT2D eigenvalue weighted by Gasteiger charge is 2.02. The first-order valence-electron chi connectivity index (χ1n) is 12.4. The number of amides is 2. The molecule has 0 aromatic rings. The maximum Gasteiger partial charge on any atom is 0.222 e. The van der Waals surface area contributed by atoms with Gasteiger partial charge in [0, 0.05) is 39.1 Å². The van der Waals surface area contributed by atoms with Crippen LogP contribution in [0.2, 0.25) is 0 Å². The van der Waals surface area contributed by atoms with Crippen molar-refractivity contribution in [2.24, 2.45) is 0 Å². The lowest BCUT2D eigenvalue weighted by molar-refractivity contribution is -0.123. The van der Waals surface area contributed by atoms with Crippen molar-refractivity contribution in [3.05, 3.63) is 13.8 Å². The van der Waals surface area contributed by atoms with Crippen LogP contribution in [0, 0.1) is 13.8 Å². The molecular formula is C24H46N2O10. The molecule has 0 bridgehead atoms. The topological polar surface area (TPSA) is 132 Å². The van der Waals surface area contributed by atoms with Crippen LogP contribution >= 0.6 is 0 Å². The summed E-state index contributed by atoms with van der Waals surface area (Å²) in [6.45, 7) is 14.9. The lowest BCUT2D eigenvalue weighted by Gasteiger charge is -2.09. The second kappa shape index (κ2) is 29.8. The van der Waals surface area contributed by atoms with E-state index >= 15 is 0 Å². The minimum atomic E-state index is -0.0817. The SMILES string of the molecule is [CH2]COCCOCCNC(=O)CCOCCOCCOCCOCCC(=O)NCCOCCOC[CH2]. The third-order valence-electron chi connectivity index (χ3n) is 4.23. The van der Waals surface area contributed by atoms with Crippen LogP contribution in [0.5, 0.6) is 0 Å². The van der Waals surface area contributed by atoms with E-state index in [1.54, 1.807) is 0 Å². The first kappa shape index (κ1) is 34.6. The van der Waals surface area contributed by atoms with E-state index in [9.17, 15) is 9.59 Å². The van der Waals surface area contributed by atoms with E-state index in [4.69, 9.17) is 37.9 Å². The number of hydrogen-bond donors (Lipinski definition) is 2. The van der Waals surface area contributed by atoms with Gasteiger partial charge in [-0.25, -0.2) is 0 Å². The second-order valence-corrected chi connectivity index (χ2v) is 7.10. The van der Waals surface area contributed by atoms with Crippen molar-refractivity contribution in [1.82, 2.24) is 10.6 Å². The number of ether oxygens (including phenoxy) is 8. The summed E-state index contributed by atoms with van der Waals surface area (Å²) in [5, 5.41) is 5.51. The van der Waals surface area contributed by atoms with E-state index in [2.05, 4.69) is 24.5 Å². The van der Waals surface area contributed by atoms with Crippen LogP contribution < -0.4 is 10.6 Å². The summed E-state index contributed by atoms with van der Waals surface area (Å²) in [6, 6.07) is 0. The van der Waals surface area contributed by atoms with Gasteiger partial charge in [-0.2, -0.15) is 0 Å². The Morgan fingerprint density at radius 3 is 1.03 bits per heavy atom. The molecule has 2 radical (unpaired) electrons. The first-order chi connectivity index (χ1) is 17.7.